The van der Waals surface area contributed by atoms with Crippen LogP contribution in [-0.4, -0.2) is 61.5 Å². The van der Waals surface area contributed by atoms with Gasteiger partial charge in [0.25, 0.3) is 20.2 Å². The van der Waals surface area contributed by atoms with Crippen LogP contribution in [0.25, 0.3) is 10.8 Å². The summed E-state index contributed by atoms with van der Waals surface area (Å²) in [5, 5.41) is 0.282. The Bertz CT molecular complexity index is 1470. The number of benzene rings is 2. The Balaban J connectivity index is 2.24. The molecule has 176 valence electrons. The van der Waals surface area contributed by atoms with E-state index in [1.54, 1.807) is 6.07 Å². The standard InChI is InChI=1S/C19H23NO9S3/c1-12-19(2,3)18-15(20(12)8-4-5-9-30(21,22)23)7-6-13-10-14(31(24,25)26)11-16(17(13)18)32(27,28)29/h6-7,10-11H,4-5,8-9H2,1-3H3,(H2-,21,22,23,24,25,26,27,28,29). The van der Waals surface area contributed by atoms with Gasteiger partial charge in [0.15, 0.2) is 5.71 Å². The number of hydrogen-bond acceptors (Lipinski definition) is 7. The van der Waals surface area contributed by atoms with Crippen molar-refractivity contribution in [2.45, 2.75) is 48.8 Å². The molecule has 32 heavy (non-hydrogen) atoms. The van der Waals surface area contributed by atoms with E-state index in [0.717, 1.165) is 11.8 Å². The Labute approximate surface area is 186 Å². The molecule has 0 aromatic heterocycles. The third kappa shape index (κ3) is 4.58. The predicted molar refractivity (Wildman–Crippen MR) is 116 cm³/mol. The van der Waals surface area contributed by atoms with Crippen molar-refractivity contribution in [2.75, 3.05) is 12.3 Å². The number of nitrogens with zero attached hydrogens (tertiary/aromatic N) is 1. The number of hydrogen-bond donors (Lipinski definition) is 2. The van der Waals surface area contributed by atoms with Crippen molar-refractivity contribution in [1.29, 1.82) is 0 Å². The van der Waals surface area contributed by atoms with Crippen LogP contribution >= 0.6 is 0 Å². The van der Waals surface area contributed by atoms with Gasteiger partial charge in [0.2, 0.25) is 5.69 Å². The lowest BCUT2D eigenvalue weighted by Crippen LogP contribution is -2.27. The molecule has 10 nitrogen and oxygen atoms in total. The third-order valence-corrected chi connectivity index (χ3v) is 8.35. The number of unbranched alkanes of at least 4 members (excludes halogenated alkanes) is 1. The summed E-state index contributed by atoms with van der Waals surface area (Å²) in [5.74, 6) is -0.382. The molecule has 0 atom stereocenters. The first kappa shape index (κ1) is 24.7. The average Bonchev–Trinajstić information content (AvgIpc) is 2.82. The molecule has 13 heteroatoms. The van der Waals surface area contributed by atoms with E-state index >= 15 is 0 Å². The third-order valence-electron chi connectivity index (χ3n) is 5.86. The van der Waals surface area contributed by atoms with Crippen molar-refractivity contribution in [3.05, 3.63) is 29.8 Å². The zero-order valence-corrected chi connectivity index (χ0v) is 20.0. The number of fused-ring (bicyclic) bond motifs is 3. The molecule has 0 bridgehead atoms. The van der Waals surface area contributed by atoms with Crippen LogP contribution in [0.15, 0.2) is 34.1 Å². The average molecular weight is 506 g/mol. The lowest BCUT2D eigenvalue weighted by molar-refractivity contribution is -0.439. The van der Waals surface area contributed by atoms with Crippen molar-refractivity contribution in [1.82, 2.24) is 0 Å². The van der Waals surface area contributed by atoms with E-state index in [2.05, 4.69) is 0 Å². The molecule has 0 unspecified atom stereocenters. The molecule has 0 spiro atoms. The van der Waals surface area contributed by atoms with Crippen LogP contribution in [0.1, 0.15) is 39.2 Å². The van der Waals surface area contributed by atoms with E-state index in [1.807, 2.05) is 25.3 Å². The van der Waals surface area contributed by atoms with E-state index in [4.69, 9.17) is 4.55 Å². The molecule has 0 radical (unpaired) electrons. The van der Waals surface area contributed by atoms with Gasteiger partial charge in [-0.05, 0) is 43.9 Å². The van der Waals surface area contributed by atoms with Crippen molar-refractivity contribution < 1.29 is 43.5 Å². The van der Waals surface area contributed by atoms with Gasteiger partial charge in [-0.25, -0.2) is 8.42 Å². The fraction of sp³-hybridized carbons (Fsp3) is 0.421. The topological polar surface area (TPSA) is 169 Å². The maximum Gasteiger partial charge on any atom is 0.295 e. The first-order valence-corrected chi connectivity index (χ1v) is 14.0. The zero-order valence-electron chi connectivity index (χ0n) is 17.6. The highest BCUT2D eigenvalue weighted by atomic mass is 32.2. The Hall–Kier alpha value is -1.90. The second-order valence-corrected chi connectivity index (χ2v) is 12.6. The minimum Gasteiger partial charge on any atom is -0.744 e. The zero-order chi connectivity index (χ0) is 24.3. The minimum absolute atomic E-state index is 0.113. The summed E-state index contributed by atoms with van der Waals surface area (Å²) in [5.41, 5.74) is 1.25. The quantitative estimate of drug-likeness (QED) is 0.325. The van der Waals surface area contributed by atoms with Crippen LogP contribution in [0.3, 0.4) is 0 Å². The van der Waals surface area contributed by atoms with Gasteiger partial charge in [0.05, 0.1) is 16.1 Å². The SMILES string of the molecule is CC1=[N+](CCCCS(=O)(=O)O)c2ccc3cc(S(=O)(=O)[O-])cc(S(=O)(=O)O)c3c2C1(C)C. The summed E-state index contributed by atoms with van der Waals surface area (Å²) in [6.45, 7) is 5.89. The van der Waals surface area contributed by atoms with Crippen molar-refractivity contribution in [2.24, 2.45) is 0 Å². The van der Waals surface area contributed by atoms with E-state index in [9.17, 15) is 34.4 Å². The molecule has 0 fully saturated rings. The second kappa shape index (κ2) is 7.85. The fourth-order valence-corrected chi connectivity index (χ4v) is 6.07. The van der Waals surface area contributed by atoms with E-state index in [-0.39, 0.29) is 22.9 Å². The molecule has 2 aromatic carbocycles. The summed E-state index contributed by atoms with van der Waals surface area (Å²) < 4.78 is 101. The van der Waals surface area contributed by atoms with Gasteiger partial charge >= 0.3 is 0 Å². The largest absolute Gasteiger partial charge is 0.744 e. The highest BCUT2D eigenvalue weighted by Gasteiger charge is 2.45. The Kier molecular flexibility index (Phi) is 6.07. The lowest BCUT2D eigenvalue weighted by atomic mass is 9.80. The first-order chi connectivity index (χ1) is 14.4. The van der Waals surface area contributed by atoms with Crippen LogP contribution in [-0.2, 0) is 35.8 Å². The minimum atomic E-state index is -4.98. The predicted octanol–water partition coefficient (Wildman–Crippen LogP) is 2.05. The van der Waals surface area contributed by atoms with Gasteiger partial charge in [-0.3, -0.25) is 9.11 Å². The van der Waals surface area contributed by atoms with Gasteiger partial charge in [0.1, 0.15) is 21.6 Å². The summed E-state index contributed by atoms with van der Waals surface area (Å²) in [6, 6.07) is 4.87. The Morgan fingerprint density at radius 3 is 2.16 bits per heavy atom. The van der Waals surface area contributed by atoms with Crippen LogP contribution in [0.5, 0.6) is 0 Å². The smallest absolute Gasteiger partial charge is 0.295 e. The van der Waals surface area contributed by atoms with E-state index in [0.29, 0.717) is 30.3 Å². The maximum absolute atomic E-state index is 12.2. The maximum atomic E-state index is 12.2. The lowest BCUT2D eigenvalue weighted by Gasteiger charge is -2.19. The summed E-state index contributed by atoms with van der Waals surface area (Å²) >= 11 is 0. The monoisotopic (exact) mass is 505 g/mol. The molecule has 2 aromatic rings. The van der Waals surface area contributed by atoms with Gasteiger partial charge in [-0.1, -0.05) is 0 Å². The molecular formula is C19H23NO9S3. The van der Waals surface area contributed by atoms with Gasteiger partial charge in [0, 0.05) is 30.4 Å². The van der Waals surface area contributed by atoms with Crippen molar-refractivity contribution in [3.8, 4) is 0 Å². The van der Waals surface area contributed by atoms with Crippen molar-refractivity contribution >= 4 is 52.5 Å². The molecule has 1 heterocycles. The van der Waals surface area contributed by atoms with Gasteiger partial charge in [-0.2, -0.15) is 21.4 Å². The second-order valence-electron chi connectivity index (χ2n) is 8.26. The van der Waals surface area contributed by atoms with Crippen molar-refractivity contribution in [3.63, 3.8) is 0 Å². The molecule has 3 rings (SSSR count). The molecule has 0 amide bonds. The normalized spacial score (nSPS) is 16.6. The summed E-state index contributed by atoms with van der Waals surface area (Å²) in [6.07, 6.45) is 0.635. The highest BCUT2D eigenvalue weighted by Crippen LogP contribution is 2.46. The molecule has 0 aliphatic carbocycles. The fourth-order valence-electron chi connectivity index (χ4n) is 4.14. The summed E-state index contributed by atoms with van der Waals surface area (Å²) in [4.78, 5) is -1.44. The molecule has 2 N–H and O–H groups in total. The Morgan fingerprint density at radius 2 is 1.62 bits per heavy atom. The molecule has 1 aliphatic rings. The van der Waals surface area contributed by atoms with Crippen LogP contribution in [0.4, 0.5) is 5.69 Å². The van der Waals surface area contributed by atoms with E-state index in [1.165, 1.54) is 6.07 Å². The molecule has 0 saturated heterocycles. The summed E-state index contributed by atoms with van der Waals surface area (Å²) in [7, 11) is -13.9. The van der Waals surface area contributed by atoms with Crippen LogP contribution in [0.2, 0.25) is 0 Å². The first-order valence-electron chi connectivity index (χ1n) is 9.56. The Morgan fingerprint density at radius 1 is 1.00 bits per heavy atom. The molecule has 1 aliphatic heterocycles. The number of rotatable bonds is 7. The van der Waals surface area contributed by atoms with Gasteiger partial charge < -0.3 is 4.55 Å². The van der Waals surface area contributed by atoms with E-state index < -0.39 is 45.6 Å². The van der Waals surface area contributed by atoms with Crippen LogP contribution < -0.4 is 0 Å². The highest BCUT2D eigenvalue weighted by molar-refractivity contribution is 7.86. The van der Waals surface area contributed by atoms with Crippen LogP contribution in [0, 0.1) is 0 Å². The molecular weight excluding hydrogens is 482 g/mol. The molecule has 0 saturated carbocycles. The van der Waals surface area contributed by atoms with Gasteiger partial charge in [-0.15, -0.1) is 0 Å².